The second kappa shape index (κ2) is 5.54. The van der Waals surface area contributed by atoms with Crippen molar-refractivity contribution in [3.8, 4) is 0 Å². The SMILES string of the molecule is CC.CC1=C(C)C(C)(C)Nc2c1cc(C)c(N)c2P. The highest BCUT2D eigenvalue weighted by Crippen LogP contribution is 2.39. The van der Waals surface area contributed by atoms with Crippen molar-refractivity contribution in [1.29, 1.82) is 0 Å². The molecule has 1 atom stereocenters. The Morgan fingerprint density at radius 2 is 1.68 bits per heavy atom. The van der Waals surface area contributed by atoms with Crippen molar-refractivity contribution in [3.05, 3.63) is 22.8 Å². The molecule has 19 heavy (non-hydrogen) atoms. The number of aryl methyl sites for hydroxylation is 1. The second-order valence-corrected chi connectivity index (χ2v) is 6.02. The molecule has 0 bridgehead atoms. The van der Waals surface area contributed by atoms with Gasteiger partial charge in [-0.1, -0.05) is 13.8 Å². The lowest BCUT2D eigenvalue weighted by molar-refractivity contribution is 0.661. The average molecular weight is 278 g/mol. The Morgan fingerprint density at radius 1 is 1.16 bits per heavy atom. The van der Waals surface area contributed by atoms with Gasteiger partial charge in [0.05, 0.1) is 11.2 Å². The third kappa shape index (κ3) is 2.65. The average Bonchev–Trinajstić information content (AvgIpc) is 2.38. The third-order valence-electron chi connectivity index (χ3n) is 3.96. The molecular formula is C16H27N2P. The van der Waals surface area contributed by atoms with E-state index in [1.807, 2.05) is 13.8 Å². The third-order valence-corrected chi connectivity index (χ3v) is 4.56. The number of nitrogen functional groups attached to an aromatic ring is 1. The van der Waals surface area contributed by atoms with Crippen molar-refractivity contribution >= 4 is 31.5 Å². The van der Waals surface area contributed by atoms with Crippen LogP contribution in [0.15, 0.2) is 11.6 Å². The molecule has 0 radical (unpaired) electrons. The Kier molecular flexibility index (Phi) is 4.68. The van der Waals surface area contributed by atoms with Crippen LogP contribution in [0.5, 0.6) is 0 Å². The van der Waals surface area contributed by atoms with Crippen LogP contribution in [-0.4, -0.2) is 5.54 Å². The standard InChI is InChI=1S/C14H21N2P.C2H6/c1-7-6-10-8(2)9(3)14(4,5)16-12(10)13(17)11(7)15;1-2/h6,16H,15,17H2,1-5H3;1-2H3. The molecule has 2 rings (SSSR count). The summed E-state index contributed by atoms with van der Waals surface area (Å²) in [5.74, 6) is 0. The molecule has 0 amide bonds. The second-order valence-electron chi connectivity index (χ2n) is 5.44. The largest absolute Gasteiger partial charge is 0.398 e. The zero-order chi connectivity index (χ0) is 15.0. The molecule has 3 heteroatoms. The summed E-state index contributed by atoms with van der Waals surface area (Å²) < 4.78 is 0. The number of nitrogens with two attached hydrogens (primary N) is 1. The fourth-order valence-electron chi connectivity index (χ4n) is 2.37. The normalized spacial score (nSPS) is 16.2. The van der Waals surface area contributed by atoms with Crippen molar-refractivity contribution in [1.82, 2.24) is 0 Å². The number of hydrogen-bond acceptors (Lipinski definition) is 2. The lowest BCUT2D eigenvalue weighted by Gasteiger charge is -2.37. The van der Waals surface area contributed by atoms with Gasteiger partial charge in [0.1, 0.15) is 0 Å². The number of fused-ring (bicyclic) bond motifs is 1. The highest BCUT2D eigenvalue weighted by atomic mass is 31.0. The van der Waals surface area contributed by atoms with Crippen LogP contribution in [-0.2, 0) is 0 Å². The molecule has 0 saturated heterocycles. The van der Waals surface area contributed by atoms with Crippen molar-refractivity contribution < 1.29 is 0 Å². The molecule has 1 unspecified atom stereocenters. The van der Waals surface area contributed by atoms with Crippen molar-refractivity contribution in [2.24, 2.45) is 0 Å². The van der Waals surface area contributed by atoms with Gasteiger partial charge in [0.25, 0.3) is 0 Å². The Balaban J connectivity index is 0.000000861. The van der Waals surface area contributed by atoms with E-state index in [1.165, 1.54) is 16.7 Å². The maximum Gasteiger partial charge on any atom is 0.0532 e. The maximum absolute atomic E-state index is 6.10. The first-order chi connectivity index (χ1) is 8.75. The number of allylic oxidation sites excluding steroid dienone is 1. The zero-order valence-electron chi connectivity index (χ0n) is 13.2. The first kappa shape index (κ1) is 16.0. The molecular weight excluding hydrogens is 251 g/mol. The van der Waals surface area contributed by atoms with Gasteiger partial charge in [-0.3, -0.25) is 0 Å². The predicted molar refractivity (Wildman–Crippen MR) is 92.3 cm³/mol. The molecule has 1 aromatic rings. The van der Waals surface area contributed by atoms with Gasteiger partial charge in [0, 0.05) is 16.6 Å². The topological polar surface area (TPSA) is 38.0 Å². The summed E-state index contributed by atoms with van der Waals surface area (Å²) in [5, 5.41) is 4.68. The van der Waals surface area contributed by atoms with Crippen LogP contribution >= 0.6 is 9.24 Å². The highest BCUT2D eigenvalue weighted by Gasteiger charge is 2.29. The minimum Gasteiger partial charge on any atom is -0.398 e. The van der Waals surface area contributed by atoms with Crippen LogP contribution in [0, 0.1) is 6.92 Å². The van der Waals surface area contributed by atoms with Crippen LogP contribution in [0.3, 0.4) is 0 Å². The fourth-order valence-corrected chi connectivity index (χ4v) is 2.82. The van der Waals surface area contributed by atoms with Crippen LogP contribution in [0.1, 0.15) is 52.7 Å². The van der Waals surface area contributed by atoms with Gasteiger partial charge >= 0.3 is 0 Å². The minimum absolute atomic E-state index is 0.00982. The smallest absolute Gasteiger partial charge is 0.0532 e. The molecule has 1 heterocycles. The molecule has 1 aromatic carbocycles. The minimum atomic E-state index is -0.00982. The van der Waals surface area contributed by atoms with Gasteiger partial charge in [-0.15, -0.1) is 9.24 Å². The number of hydrogen-bond donors (Lipinski definition) is 2. The number of nitrogens with one attached hydrogen (secondary N) is 1. The van der Waals surface area contributed by atoms with E-state index >= 15 is 0 Å². The van der Waals surface area contributed by atoms with Crippen LogP contribution < -0.4 is 16.4 Å². The van der Waals surface area contributed by atoms with Crippen molar-refractivity contribution in [2.75, 3.05) is 11.1 Å². The summed E-state index contributed by atoms with van der Waals surface area (Å²) in [6.07, 6.45) is 0. The summed E-state index contributed by atoms with van der Waals surface area (Å²) in [6, 6.07) is 2.18. The summed E-state index contributed by atoms with van der Waals surface area (Å²) in [6.45, 7) is 14.9. The Hall–Kier alpha value is -1.01. The van der Waals surface area contributed by atoms with E-state index in [0.717, 1.165) is 22.2 Å². The van der Waals surface area contributed by atoms with Crippen molar-refractivity contribution in [3.63, 3.8) is 0 Å². The number of anilines is 2. The van der Waals surface area contributed by atoms with Gasteiger partial charge in [-0.05, 0) is 57.4 Å². The van der Waals surface area contributed by atoms with Gasteiger partial charge in [-0.2, -0.15) is 0 Å². The van der Waals surface area contributed by atoms with Gasteiger partial charge < -0.3 is 11.1 Å². The molecule has 0 aromatic heterocycles. The lowest BCUT2D eigenvalue weighted by atomic mass is 9.83. The van der Waals surface area contributed by atoms with Crippen molar-refractivity contribution in [2.45, 2.75) is 54.0 Å². The Morgan fingerprint density at radius 3 is 2.21 bits per heavy atom. The monoisotopic (exact) mass is 278 g/mol. The summed E-state index contributed by atoms with van der Waals surface area (Å²) in [4.78, 5) is 0. The van der Waals surface area contributed by atoms with E-state index in [4.69, 9.17) is 5.73 Å². The first-order valence-electron chi connectivity index (χ1n) is 6.90. The first-order valence-corrected chi connectivity index (χ1v) is 7.48. The maximum atomic E-state index is 6.10. The van der Waals surface area contributed by atoms with E-state index in [2.05, 4.69) is 55.2 Å². The summed E-state index contributed by atoms with van der Waals surface area (Å²) in [5.41, 5.74) is 13.3. The van der Waals surface area contributed by atoms with E-state index in [-0.39, 0.29) is 5.54 Å². The Labute approximate surface area is 120 Å². The lowest BCUT2D eigenvalue weighted by Crippen LogP contribution is -2.37. The quantitative estimate of drug-likeness (QED) is 0.554. The van der Waals surface area contributed by atoms with Gasteiger partial charge in [-0.25, -0.2) is 0 Å². The molecule has 0 spiro atoms. The van der Waals surface area contributed by atoms with Gasteiger partial charge in [0.2, 0.25) is 0 Å². The van der Waals surface area contributed by atoms with E-state index in [0.29, 0.717) is 0 Å². The van der Waals surface area contributed by atoms with Gasteiger partial charge in [0.15, 0.2) is 0 Å². The fraction of sp³-hybridized carbons (Fsp3) is 0.500. The number of rotatable bonds is 0. The molecule has 1 aliphatic heterocycles. The van der Waals surface area contributed by atoms with E-state index in [9.17, 15) is 0 Å². The van der Waals surface area contributed by atoms with Crippen LogP contribution in [0.4, 0.5) is 11.4 Å². The van der Waals surface area contributed by atoms with E-state index < -0.39 is 0 Å². The summed E-state index contributed by atoms with van der Waals surface area (Å²) >= 11 is 0. The molecule has 3 N–H and O–H groups in total. The molecule has 1 aliphatic rings. The molecule has 106 valence electrons. The molecule has 0 fully saturated rings. The molecule has 2 nitrogen and oxygen atoms in total. The molecule has 0 aliphatic carbocycles. The number of benzene rings is 1. The van der Waals surface area contributed by atoms with E-state index in [1.54, 1.807) is 0 Å². The Bertz CT molecular complexity index is 528. The van der Waals surface area contributed by atoms with Crippen LogP contribution in [0.2, 0.25) is 0 Å². The zero-order valence-corrected chi connectivity index (χ0v) is 14.4. The predicted octanol–water partition coefficient (Wildman–Crippen LogP) is 4.10. The highest BCUT2D eigenvalue weighted by molar-refractivity contribution is 7.28. The summed E-state index contributed by atoms with van der Waals surface area (Å²) in [7, 11) is 2.77. The molecule has 0 saturated carbocycles. The van der Waals surface area contributed by atoms with Crippen LogP contribution in [0.25, 0.3) is 5.57 Å².